The maximum atomic E-state index is 5.30. The Morgan fingerprint density at radius 2 is 1.03 bits per heavy atom. The number of imidazole rings is 1. The Balaban J connectivity index is 0. The van der Waals surface area contributed by atoms with Crippen LogP contribution >= 0.6 is 0 Å². The van der Waals surface area contributed by atoms with Gasteiger partial charge in [-0.3, -0.25) is 0 Å². The highest BCUT2D eigenvalue weighted by atomic mass is 16.7. The van der Waals surface area contributed by atoms with Crippen LogP contribution in [0.3, 0.4) is 0 Å². The molecule has 0 bridgehead atoms. The molecular weight excluding hydrogens is 869 g/mol. The summed E-state index contributed by atoms with van der Waals surface area (Å²) in [6.45, 7) is 42.9. The van der Waals surface area contributed by atoms with Gasteiger partial charge in [-0.15, -0.1) is 0 Å². The summed E-state index contributed by atoms with van der Waals surface area (Å²) in [5, 5.41) is 0. The van der Waals surface area contributed by atoms with E-state index in [4.69, 9.17) is 13.9 Å². The molecule has 2 atom stereocenters. The lowest BCUT2D eigenvalue weighted by molar-refractivity contribution is 0.174. The van der Waals surface area contributed by atoms with Crippen LogP contribution in [0.2, 0.25) is 0 Å². The van der Waals surface area contributed by atoms with Gasteiger partial charge in [0.2, 0.25) is 6.79 Å². The second-order valence-corrected chi connectivity index (χ2v) is 18.8. The topological polar surface area (TPSA) is 60.3 Å². The maximum Gasteiger partial charge on any atom is 0.231 e. The number of aromatic amines is 1. The Labute approximate surface area is 438 Å². The smallest absolute Gasteiger partial charge is 0.231 e. The minimum atomic E-state index is 0. The van der Waals surface area contributed by atoms with Crippen LogP contribution in [-0.2, 0) is 32.1 Å². The number of nitrogens with zero attached hydrogens (tertiary/aromatic N) is 1. The number of H-pyrrole nitrogens is 1. The minimum absolute atomic E-state index is 0. The van der Waals surface area contributed by atoms with Crippen molar-refractivity contribution in [3.8, 4) is 11.5 Å². The van der Waals surface area contributed by atoms with Gasteiger partial charge in [0.05, 0.1) is 17.3 Å². The Morgan fingerprint density at radius 3 is 1.55 bits per heavy atom. The summed E-state index contributed by atoms with van der Waals surface area (Å²) in [5.41, 5.74) is 9.91. The summed E-state index contributed by atoms with van der Waals surface area (Å²) in [7, 11) is 0. The third-order valence-corrected chi connectivity index (χ3v) is 11.5. The molecule has 6 aromatic rings. The second kappa shape index (κ2) is 40.8. The lowest BCUT2D eigenvalue weighted by Gasteiger charge is -2.28. The molecule has 0 fully saturated rings. The molecule has 0 amide bonds. The molecule has 3 aliphatic rings. The van der Waals surface area contributed by atoms with E-state index in [9.17, 15) is 0 Å². The molecule has 2 aromatic heterocycles. The summed E-state index contributed by atoms with van der Waals surface area (Å²) < 4.78 is 15.7. The van der Waals surface area contributed by atoms with Gasteiger partial charge < -0.3 is 18.9 Å². The number of fused-ring (bicyclic) bond motifs is 4. The first-order chi connectivity index (χ1) is 33.9. The quantitative estimate of drug-likeness (QED) is 0.165. The Kier molecular flexibility index (Phi) is 39.2. The van der Waals surface area contributed by atoms with Gasteiger partial charge in [0.15, 0.2) is 11.5 Å². The molecule has 9 rings (SSSR count). The Morgan fingerprint density at radius 1 is 0.521 bits per heavy atom. The van der Waals surface area contributed by atoms with Crippen molar-refractivity contribution < 1.29 is 13.9 Å². The monoisotopic (exact) mass is 977 g/mol. The third kappa shape index (κ3) is 25.4. The number of ether oxygens (including phenoxy) is 2. The van der Waals surface area contributed by atoms with Gasteiger partial charge in [-0.2, -0.15) is 0 Å². The first-order valence-corrected chi connectivity index (χ1v) is 27.9. The molecule has 2 aliphatic carbocycles. The van der Waals surface area contributed by atoms with Crippen LogP contribution in [0.15, 0.2) is 114 Å². The fraction of sp³-hybridized carbons (Fsp3) is 0.561. The fourth-order valence-corrected chi connectivity index (χ4v) is 8.63. The number of aromatic nitrogens is 2. The van der Waals surface area contributed by atoms with Crippen LogP contribution in [-0.4, -0.2) is 16.8 Å². The number of benzene rings is 4. The average Bonchev–Trinajstić information content (AvgIpc) is 4.23. The zero-order chi connectivity index (χ0) is 53.0. The van der Waals surface area contributed by atoms with E-state index in [1.54, 1.807) is 28.5 Å². The lowest BCUT2D eigenvalue weighted by Crippen LogP contribution is -2.14. The summed E-state index contributed by atoms with van der Waals surface area (Å²) in [5.74, 6) is 9.19. The van der Waals surface area contributed by atoms with Crippen molar-refractivity contribution >= 4 is 11.0 Å². The number of aryl methyl sites for hydroxylation is 2. The van der Waals surface area contributed by atoms with Crippen LogP contribution in [0.25, 0.3) is 11.0 Å². The molecule has 0 saturated carbocycles. The van der Waals surface area contributed by atoms with E-state index < -0.39 is 0 Å². The van der Waals surface area contributed by atoms with E-state index in [0.717, 1.165) is 77.1 Å². The summed E-state index contributed by atoms with van der Waals surface area (Å²) in [4.78, 5) is 7.81. The van der Waals surface area contributed by atoms with Crippen LogP contribution in [0.1, 0.15) is 216 Å². The predicted molar refractivity (Wildman–Crippen MR) is 316 cm³/mol. The zero-order valence-corrected chi connectivity index (χ0v) is 48.5. The molecule has 0 radical (unpaired) electrons. The first-order valence-electron chi connectivity index (χ1n) is 27.9. The van der Waals surface area contributed by atoms with Crippen molar-refractivity contribution in [1.29, 1.82) is 0 Å². The number of hydrogen-bond donors (Lipinski definition) is 1. The van der Waals surface area contributed by atoms with Crippen LogP contribution in [0, 0.1) is 29.6 Å². The lowest BCUT2D eigenvalue weighted by atomic mass is 9.77. The van der Waals surface area contributed by atoms with E-state index in [0.29, 0.717) is 24.5 Å². The molecule has 0 saturated heterocycles. The van der Waals surface area contributed by atoms with E-state index in [-0.39, 0.29) is 7.43 Å². The van der Waals surface area contributed by atoms with E-state index in [2.05, 4.69) is 146 Å². The molecular formula is C66H108N2O3. The van der Waals surface area contributed by atoms with E-state index in [1.807, 2.05) is 106 Å². The van der Waals surface area contributed by atoms with Crippen molar-refractivity contribution in [3.63, 3.8) is 0 Å². The highest BCUT2D eigenvalue weighted by Crippen LogP contribution is 2.38. The standard InChI is InChI=1S/C13H18.C12H16.C11H14N2.C11H14O2.C8H12O.5C2H6.CH4/c1-10(2)12-9-5-7-11-6-3-4-8-13(11)12;1-9(2)11-8-7-10-5-3-4-6-12(10)11;1-8(2)7-11-12-9-5-3-4-6-10(9)13-11;1-8(2)5-9-3-4-10-11(6-9)13-7-12-10;1-7(2)6-8-4-3-5-9-8;5*1-2;/h3-4,6,8,10,12H,5,7,9H2,1-2H3;3-6,9,11H,7-8H2,1-2H3;3-6,8H,7H2,1-2H3,(H,12,13);3-4,6,8H,5,7H2,1-2H3;3-5,7H,6H2,1-2H3;5*1-2H3;1H4. The van der Waals surface area contributed by atoms with Gasteiger partial charge in [-0.1, -0.05) is 213 Å². The zero-order valence-electron chi connectivity index (χ0n) is 48.5. The highest BCUT2D eigenvalue weighted by Gasteiger charge is 2.24. The van der Waals surface area contributed by atoms with Crippen molar-refractivity contribution in [2.24, 2.45) is 29.6 Å². The largest absolute Gasteiger partial charge is 0.469 e. The molecule has 1 aliphatic heterocycles. The SMILES string of the molecule is C.CC.CC.CC.CC.CC.CC(C)C1CCCc2ccccc21.CC(C)C1CCc2ccccc21.CC(C)Cc1ccc2c(c1)OCO2.CC(C)Cc1ccco1.CC(C)Cc1nc2ccccc2[nH]1. The highest BCUT2D eigenvalue weighted by molar-refractivity contribution is 5.74. The van der Waals surface area contributed by atoms with E-state index in [1.165, 1.54) is 37.7 Å². The second-order valence-electron chi connectivity index (χ2n) is 18.8. The minimum Gasteiger partial charge on any atom is -0.469 e. The average molecular weight is 978 g/mol. The Hall–Kier alpha value is -4.77. The number of rotatable bonds is 8. The molecule has 5 nitrogen and oxygen atoms in total. The summed E-state index contributed by atoms with van der Waals surface area (Å²) in [6.07, 6.45) is 11.6. The van der Waals surface area contributed by atoms with Gasteiger partial charge in [0.25, 0.3) is 0 Å². The summed E-state index contributed by atoms with van der Waals surface area (Å²) in [6, 6.07) is 36.1. The number of hydrogen-bond acceptors (Lipinski definition) is 4. The molecule has 0 spiro atoms. The number of nitrogens with one attached hydrogen (secondary N) is 1. The molecule has 5 heteroatoms. The fourth-order valence-electron chi connectivity index (χ4n) is 8.63. The van der Waals surface area contributed by atoms with Crippen LogP contribution in [0.5, 0.6) is 11.5 Å². The number of furan rings is 1. The van der Waals surface area contributed by atoms with Crippen molar-refractivity contribution in [2.75, 3.05) is 6.79 Å². The third-order valence-electron chi connectivity index (χ3n) is 11.5. The predicted octanol–water partition coefficient (Wildman–Crippen LogP) is 20.8. The molecule has 400 valence electrons. The van der Waals surface area contributed by atoms with Gasteiger partial charge in [-0.25, -0.2) is 4.98 Å². The van der Waals surface area contributed by atoms with Crippen molar-refractivity contribution in [1.82, 2.24) is 9.97 Å². The first kappa shape index (κ1) is 68.3. The molecule has 2 unspecified atom stereocenters. The molecule has 71 heavy (non-hydrogen) atoms. The Bertz CT molecular complexity index is 2090. The van der Waals surface area contributed by atoms with Gasteiger partial charge in [-0.05, 0) is 144 Å². The molecule has 3 heterocycles. The van der Waals surface area contributed by atoms with Gasteiger partial charge in [0.1, 0.15) is 11.6 Å². The van der Waals surface area contributed by atoms with Crippen molar-refractivity contribution in [2.45, 2.75) is 209 Å². The maximum absolute atomic E-state index is 5.30. The summed E-state index contributed by atoms with van der Waals surface area (Å²) >= 11 is 0. The van der Waals surface area contributed by atoms with Crippen LogP contribution in [0.4, 0.5) is 0 Å². The normalized spacial score (nSPS) is 13.9. The molecule has 1 N–H and O–H groups in total. The molecule has 4 aromatic carbocycles. The van der Waals surface area contributed by atoms with E-state index >= 15 is 0 Å². The van der Waals surface area contributed by atoms with Gasteiger partial charge in [0, 0.05) is 12.8 Å². The number of para-hydroxylation sites is 2. The van der Waals surface area contributed by atoms with Crippen molar-refractivity contribution in [3.05, 3.63) is 149 Å². The van der Waals surface area contributed by atoms with Gasteiger partial charge >= 0.3 is 0 Å². The van der Waals surface area contributed by atoms with Crippen LogP contribution < -0.4 is 9.47 Å².